The van der Waals surface area contributed by atoms with E-state index >= 15 is 0 Å². The highest BCUT2D eigenvalue weighted by atomic mass is 16.2. The second-order valence-corrected chi connectivity index (χ2v) is 5.59. The highest BCUT2D eigenvalue weighted by Gasteiger charge is 2.22. The minimum atomic E-state index is 0.0781. The largest absolute Gasteiger partial charge is 0.342 e. The molecule has 1 N–H and O–H groups in total. The molecule has 0 atom stereocenters. The van der Waals surface area contributed by atoms with Gasteiger partial charge in [-0.2, -0.15) is 0 Å². The van der Waals surface area contributed by atoms with Crippen LogP contribution in [0.1, 0.15) is 19.2 Å². The first-order valence-corrected chi connectivity index (χ1v) is 7.60. The van der Waals surface area contributed by atoms with Crippen LogP contribution in [0.5, 0.6) is 0 Å². The molecule has 6 heteroatoms. The maximum atomic E-state index is 12.2. The molecule has 116 valence electrons. The topological polar surface area (TPSA) is 69.3 Å². The van der Waals surface area contributed by atoms with Gasteiger partial charge in [-0.3, -0.25) is 9.59 Å². The van der Waals surface area contributed by atoms with Gasteiger partial charge in [-0.1, -0.05) is 12.1 Å². The van der Waals surface area contributed by atoms with Gasteiger partial charge in [0.05, 0.1) is 11.0 Å². The van der Waals surface area contributed by atoms with Crippen LogP contribution in [-0.4, -0.2) is 57.8 Å². The van der Waals surface area contributed by atoms with E-state index < -0.39 is 0 Å². The van der Waals surface area contributed by atoms with Gasteiger partial charge in [-0.05, 0) is 12.1 Å². The molecule has 0 aliphatic carbocycles. The summed E-state index contributed by atoms with van der Waals surface area (Å²) in [4.78, 5) is 34.9. The van der Waals surface area contributed by atoms with E-state index in [1.54, 1.807) is 11.8 Å². The average Bonchev–Trinajstić information content (AvgIpc) is 2.95. The molecular formula is C16H20N4O2. The van der Waals surface area contributed by atoms with E-state index in [0.717, 1.165) is 16.9 Å². The number of aromatic amines is 1. The molecule has 1 aromatic carbocycles. The molecule has 3 rings (SSSR count). The maximum absolute atomic E-state index is 12.2. The number of hydrogen-bond donors (Lipinski definition) is 1. The first-order chi connectivity index (χ1) is 10.6. The lowest BCUT2D eigenvalue weighted by Crippen LogP contribution is -2.50. The third-order valence-corrected chi connectivity index (χ3v) is 4.09. The Bertz CT molecular complexity index is 653. The summed E-state index contributed by atoms with van der Waals surface area (Å²) in [5.41, 5.74) is 1.93. The number of aromatic nitrogens is 2. The van der Waals surface area contributed by atoms with Gasteiger partial charge in [0.2, 0.25) is 11.8 Å². The zero-order chi connectivity index (χ0) is 15.5. The quantitative estimate of drug-likeness (QED) is 0.925. The Morgan fingerprint density at radius 3 is 2.50 bits per heavy atom. The van der Waals surface area contributed by atoms with Gasteiger partial charge in [0.25, 0.3) is 0 Å². The predicted octanol–water partition coefficient (Wildman–Crippen LogP) is 1.19. The number of amides is 2. The van der Waals surface area contributed by atoms with Crippen molar-refractivity contribution in [1.29, 1.82) is 0 Å². The van der Waals surface area contributed by atoms with Gasteiger partial charge >= 0.3 is 0 Å². The molecule has 0 unspecified atom stereocenters. The lowest BCUT2D eigenvalue weighted by atomic mass is 10.2. The maximum Gasteiger partial charge on any atom is 0.223 e. The standard InChI is InChI=1S/C16H20N4O2/c1-12(21)19-8-10-20(11-9-19)16(22)7-6-15-17-13-4-2-3-5-14(13)18-15/h2-5H,6-11H2,1H3,(H,17,18). The van der Waals surface area contributed by atoms with E-state index in [-0.39, 0.29) is 11.8 Å². The van der Waals surface area contributed by atoms with Crippen LogP contribution in [0.2, 0.25) is 0 Å². The van der Waals surface area contributed by atoms with E-state index in [2.05, 4.69) is 9.97 Å². The monoisotopic (exact) mass is 300 g/mol. The van der Waals surface area contributed by atoms with Gasteiger partial charge < -0.3 is 14.8 Å². The Morgan fingerprint density at radius 2 is 1.82 bits per heavy atom. The van der Waals surface area contributed by atoms with Crippen molar-refractivity contribution in [3.63, 3.8) is 0 Å². The summed E-state index contributed by atoms with van der Waals surface area (Å²) in [5, 5.41) is 0. The fourth-order valence-corrected chi connectivity index (χ4v) is 2.78. The second-order valence-electron chi connectivity index (χ2n) is 5.59. The highest BCUT2D eigenvalue weighted by Crippen LogP contribution is 2.12. The molecule has 1 aromatic heterocycles. The van der Waals surface area contributed by atoms with Gasteiger partial charge in [-0.25, -0.2) is 4.98 Å². The molecule has 6 nitrogen and oxygen atoms in total. The number of benzene rings is 1. The molecule has 1 aliphatic heterocycles. The number of hydrogen-bond acceptors (Lipinski definition) is 3. The fourth-order valence-electron chi connectivity index (χ4n) is 2.78. The Hall–Kier alpha value is -2.37. The third kappa shape index (κ3) is 3.10. The van der Waals surface area contributed by atoms with Crippen molar-refractivity contribution in [3.05, 3.63) is 30.1 Å². The van der Waals surface area contributed by atoms with Crippen LogP contribution in [0.4, 0.5) is 0 Å². The first kappa shape index (κ1) is 14.6. The van der Waals surface area contributed by atoms with Crippen molar-refractivity contribution in [2.75, 3.05) is 26.2 Å². The van der Waals surface area contributed by atoms with Gasteiger partial charge in [-0.15, -0.1) is 0 Å². The smallest absolute Gasteiger partial charge is 0.223 e. The number of H-pyrrole nitrogens is 1. The highest BCUT2D eigenvalue weighted by molar-refractivity contribution is 5.78. The zero-order valence-corrected chi connectivity index (χ0v) is 12.7. The lowest BCUT2D eigenvalue weighted by molar-refractivity contribution is -0.138. The number of para-hydroxylation sites is 2. The van der Waals surface area contributed by atoms with E-state index in [0.29, 0.717) is 39.0 Å². The number of imidazole rings is 1. The Labute approximate surface area is 129 Å². The van der Waals surface area contributed by atoms with E-state index in [1.807, 2.05) is 29.2 Å². The Kier molecular flexibility index (Phi) is 4.09. The predicted molar refractivity (Wildman–Crippen MR) is 83.2 cm³/mol. The summed E-state index contributed by atoms with van der Waals surface area (Å²) >= 11 is 0. The van der Waals surface area contributed by atoms with Crippen LogP contribution in [0.15, 0.2) is 24.3 Å². The molecule has 2 heterocycles. The second kappa shape index (κ2) is 6.17. The number of carbonyl (C=O) groups is 2. The average molecular weight is 300 g/mol. The summed E-state index contributed by atoms with van der Waals surface area (Å²) in [7, 11) is 0. The Balaban J connectivity index is 1.53. The van der Waals surface area contributed by atoms with Crippen molar-refractivity contribution < 1.29 is 9.59 Å². The van der Waals surface area contributed by atoms with Gasteiger partial charge in [0.1, 0.15) is 5.82 Å². The molecular weight excluding hydrogens is 280 g/mol. The van der Waals surface area contributed by atoms with Crippen molar-refractivity contribution >= 4 is 22.8 Å². The summed E-state index contributed by atoms with van der Waals surface area (Å²) in [6.45, 7) is 4.08. The first-order valence-electron chi connectivity index (χ1n) is 7.60. The minimum Gasteiger partial charge on any atom is -0.342 e. The fraction of sp³-hybridized carbons (Fsp3) is 0.438. The molecule has 22 heavy (non-hydrogen) atoms. The summed E-state index contributed by atoms with van der Waals surface area (Å²) in [5.74, 6) is 1.05. The molecule has 2 amide bonds. The molecule has 0 spiro atoms. The number of fused-ring (bicyclic) bond motifs is 1. The van der Waals surface area contributed by atoms with Crippen LogP contribution in [0.25, 0.3) is 11.0 Å². The normalized spacial score (nSPS) is 15.3. The number of aryl methyl sites for hydroxylation is 1. The SMILES string of the molecule is CC(=O)N1CCN(C(=O)CCc2nc3ccccc3[nH]2)CC1. The van der Waals surface area contributed by atoms with Crippen molar-refractivity contribution in [3.8, 4) is 0 Å². The van der Waals surface area contributed by atoms with E-state index in [1.165, 1.54) is 0 Å². The molecule has 1 aliphatic rings. The number of piperazine rings is 1. The molecule has 0 saturated carbocycles. The van der Waals surface area contributed by atoms with Crippen LogP contribution < -0.4 is 0 Å². The van der Waals surface area contributed by atoms with Crippen LogP contribution in [0.3, 0.4) is 0 Å². The van der Waals surface area contributed by atoms with Crippen LogP contribution in [-0.2, 0) is 16.0 Å². The van der Waals surface area contributed by atoms with Crippen molar-refractivity contribution in [2.24, 2.45) is 0 Å². The van der Waals surface area contributed by atoms with Crippen LogP contribution >= 0.6 is 0 Å². The minimum absolute atomic E-state index is 0.0781. The number of nitrogens with one attached hydrogen (secondary N) is 1. The molecule has 1 saturated heterocycles. The van der Waals surface area contributed by atoms with Crippen molar-refractivity contribution in [2.45, 2.75) is 19.8 Å². The number of rotatable bonds is 3. The summed E-state index contributed by atoms with van der Waals surface area (Å²) < 4.78 is 0. The molecule has 1 fully saturated rings. The third-order valence-electron chi connectivity index (χ3n) is 4.09. The molecule has 0 radical (unpaired) electrons. The van der Waals surface area contributed by atoms with Crippen molar-refractivity contribution in [1.82, 2.24) is 19.8 Å². The van der Waals surface area contributed by atoms with E-state index in [4.69, 9.17) is 0 Å². The molecule has 0 bridgehead atoms. The van der Waals surface area contributed by atoms with E-state index in [9.17, 15) is 9.59 Å². The lowest BCUT2D eigenvalue weighted by Gasteiger charge is -2.34. The van der Waals surface area contributed by atoms with Crippen LogP contribution in [0, 0.1) is 0 Å². The summed E-state index contributed by atoms with van der Waals surface area (Å²) in [6, 6.07) is 7.85. The number of carbonyl (C=O) groups excluding carboxylic acids is 2. The Morgan fingerprint density at radius 1 is 1.14 bits per heavy atom. The number of nitrogens with zero attached hydrogens (tertiary/aromatic N) is 3. The van der Waals surface area contributed by atoms with Gasteiger partial charge in [0, 0.05) is 45.9 Å². The van der Waals surface area contributed by atoms with Gasteiger partial charge in [0.15, 0.2) is 0 Å². The molecule has 2 aromatic rings. The summed E-state index contributed by atoms with van der Waals surface area (Å²) in [6.07, 6.45) is 1.06. The zero-order valence-electron chi connectivity index (χ0n) is 12.7.